The van der Waals surface area contributed by atoms with Crippen molar-refractivity contribution in [3.63, 3.8) is 0 Å². The smallest absolute Gasteiger partial charge is 0.417 e. The third kappa shape index (κ3) is 3.37. The van der Waals surface area contributed by atoms with Crippen LogP contribution in [0.3, 0.4) is 0 Å². The summed E-state index contributed by atoms with van der Waals surface area (Å²) < 4.78 is 46.9. The van der Waals surface area contributed by atoms with Crippen LogP contribution < -0.4 is 0 Å². The van der Waals surface area contributed by atoms with Crippen molar-refractivity contribution >= 4 is 17.1 Å². The molecular weight excluding hydrogens is 359 g/mol. The fourth-order valence-electron chi connectivity index (χ4n) is 3.66. The van der Waals surface area contributed by atoms with Crippen LogP contribution in [0.1, 0.15) is 56.4 Å². The lowest BCUT2D eigenvalue weighted by Crippen LogP contribution is -2.41. The van der Waals surface area contributed by atoms with E-state index in [1.54, 1.807) is 4.90 Å². The molecule has 2 aliphatic rings. The topological polar surface area (TPSA) is 47.4 Å². The normalized spacial score (nSPS) is 17.9. The van der Waals surface area contributed by atoms with Crippen molar-refractivity contribution in [3.8, 4) is 0 Å². The molecule has 0 atom stereocenters. The number of fused-ring (bicyclic) bond motifs is 3. The van der Waals surface area contributed by atoms with Crippen molar-refractivity contribution in [2.45, 2.75) is 64.4 Å². The molecule has 0 spiro atoms. The number of amides is 1. The van der Waals surface area contributed by atoms with Crippen LogP contribution in [0.2, 0.25) is 0 Å². The van der Waals surface area contributed by atoms with Crippen molar-refractivity contribution in [1.82, 2.24) is 14.5 Å². The van der Waals surface area contributed by atoms with Crippen LogP contribution in [0.5, 0.6) is 0 Å². The largest absolute Gasteiger partial charge is 0.444 e. The molecule has 1 saturated carbocycles. The van der Waals surface area contributed by atoms with Gasteiger partial charge >= 0.3 is 12.3 Å². The number of rotatable bonds is 1. The Labute approximate surface area is 155 Å². The Bertz CT molecular complexity index is 908. The molecule has 1 fully saturated rings. The molecule has 8 heteroatoms. The van der Waals surface area contributed by atoms with Crippen molar-refractivity contribution in [2.24, 2.45) is 0 Å². The number of pyridine rings is 1. The lowest BCUT2D eigenvalue weighted by atomic mass is 10.1. The third-order valence-electron chi connectivity index (χ3n) is 4.95. The van der Waals surface area contributed by atoms with E-state index < -0.39 is 23.4 Å². The van der Waals surface area contributed by atoms with Crippen LogP contribution in [0, 0.1) is 0 Å². The van der Waals surface area contributed by atoms with Gasteiger partial charge in [-0.2, -0.15) is 13.2 Å². The zero-order chi connectivity index (χ0) is 19.6. The fourth-order valence-corrected chi connectivity index (χ4v) is 3.66. The molecular formula is C19H22F3N3O2. The van der Waals surface area contributed by atoms with Gasteiger partial charge in [-0.3, -0.25) is 0 Å². The fraction of sp³-hybridized carbons (Fsp3) is 0.579. The summed E-state index contributed by atoms with van der Waals surface area (Å²) in [5.74, 6) is 0.243. The predicted octanol–water partition coefficient (Wildman–Crippen LogP) is 4.68. The van der Waals surface area contributed by atoms with Gasteiger partial charge in [-0.1, -0.05) is 0 Å². The van der Waals surface area contributed by atoms with E-state index in [0.29, 0.717) is 30.7 Å². The Kier molecular flexibility index (Phi) is 3.94. The zero-order valence-electron chi connectivity index (χ0n) is 15.6. The van der Waals surface area contributed by atoms with Crippen LogP contribution in [-0.2, 0) is 24.0 Å². The van der Waals surface area contributed by atoms with Crippen molar-refractivity contribution < 1.29 is 22.7 Å². The highest BCUT2D eigenvalue weighted by atomic mass is 19.4. The van der Waals surface area contributed by atoms with Gasteiger partial charge in [0.15, 0.2) is 0 Å². The van der Waals surface area contributed by atoms with Crippen molar-refractivity contribution in [1.29, 1.82) is 0 Å². The molecule has 0 bridgehead atoms. The lowest BCUT2D eigenvalue weighted by molar-refractivity contribution is -0.137. The number of hydrogen-bond donors (Lipinski definition) is 0. The summed E-state index contributed by atoms with van der Waals surface area (Å²) in [7, 11) is 0. The second-order valence-electron chi connectivity index (χ2n) is 8.28. The summed E-state index contributed by atoms with van der Waals surface area (Å²) in [6.07, 6.45) is -2.02. The maximum absolute atomic E-state index is 13.2. The minimum Gasteiger partial charge on any atom is -0.444 e. The first-order chi connectivity index (χ1) is 12.5. The summed E-state index contributed by atoms with van der Waals surface area (Å²) in [6, 6.07) is 1.21. The Balaban J connectivity index is 1.75. The van der Waals surface area contributed by atoms with Crippen LogP contribution in [0.15, 0.2) is 12.3 Å². The summed E-state index contributed by atoms with van der Waals surface area (Å²) in [4.78, 5) is 18.2. The second kappa shape index (κ2) is 5.87. The highest BCUT2D eigenvalue weighted by Gasteiger charge is 2.37. The number of aromatic nitrogens is 2. The van der Waals surface area contributed by atoms with Crippen molar-refractivity contribution in [3.05, 3.63) is 29.1 Å². The highest BCUT2D eigenvalue weighted by Crippen LogP contribution is 2.47. The van der Waals surface area contributed by atoms with Gasteiger partial charge < -0.3 is 14.2 Å². The molecule has 2 aromatic heterocycles. The number of carbonyl (C=O) groups excluding carboxylic acids is 1. The van der Waals surface area contributed by atoms with Crippen molar-refractivity contribution in [2.75, 3.05) is 6.54 Å². The number of alkyl halides is 3. The Morgan fingerprint density at radius 2 is 1.93 bits per heavy atom. The molecule has 4 rings (SSSR count). The third-order valence-corrected chi connectivity index (χ3v) is 4.95. The van der Waals surface area contributed by atoms with Gasteiger partial charge in [0.05, 0.1) is 12.1 Å². The van der Waals surface area contributed by atoms with Gasteiger partial charge in [0, 0.05) is 30.4 Å². The van der Waals surface area contributed by atoms with Gasteiger partial charge in [0.2, 0.25) is 0 Å². The van der Waals surface area contributed by atoms with Gasteiger partial charge in [-0.25, -0.2) is 9.78 Å². The molecule has 0 radical (unpaired) electrons. The molecule has 3 heterocycles. The lowest BCUT2D eigenvalue weighted by Gasteiger charge is -2.31. The van der Waals surface area contributed by atoms with Gasteiger partial charge in [-0.05, 0) is 51.2 Å². The van der Waals surface area contributed by atoms with E-state index in [4.69, 9.17) is 4.74 Å². The maximum atomic E-state index is 13.2. The molecule has 1 aliphatic carbocycles. The maximum Gasteiger partial charge on any atom is 0.417 e. The van der Waals surface area contributed by atoms with Crippen LogP contribution >= 0.6 is 0 Å². The van der Waals surface area contributed by atoms with Gasteiger partial charge in [0.1, 0.15) is 11.2 Å². The van der Waals surface area contributed by atoms with Gasteiger partial charge in [0.25, 0.3) is 0 Å². The van der Waals surface area contributed by atoms with Crippen LogP contribution in [0.25, 0.3) is 11.0 Å². The summed E-state index contributed by atoms with van der Waals surface area (Å²) in [5.41, 5.74) is 1.05. The Morgan fingerprint density at radius 3 is 2.52 bits per heavy atom. The molecule has 2 aromatic rings. The van der Waals surface area contributed by atoms with E-state index in [1.807, 2.05) is 25.3 Å². The quantitative estimate of drug-likeness (QED) is 0.720. The number of ether oxygens (including phenoxy) is 1. The molecule has 146 valence electrons. The number of carbonyl (C=O) groups is 1. The standard InChI is InChI=1S/C19H22F3N3O2/c1-18(2,3)27-17(26)24-6-7-25-14(10-24)15(11-4-5-11)13-8-12(19(20,21)22)9-23-16(13)25/h8-9,11H,4-7,10H2,1-3H3. The number of hydrogen-bond acceptors (Lipinski definition) is 3. The van der Waals surface area contributed by atoms with E-state index >= 15 is 0 Å². The molecule has 0 unspecified atom stereocenters. The van der Waals surface area contributed by atoms with E-state index in [0.717, 1.165) is 30.3 Å². The predicted molar refractivity (Wildman–Crippen MR) is 93.4 cm³/mol. The first-order valence-corrected chi connectivity index (χ1v) is 9.11. The minimum absolute atomic E-state index is 0.243. The molecule has 0 N–H and O–H groups in total. The number of nitrogens with zero attached hydrogens (tertiary/aromatic N) is 3. The first kappa shape index (κ1) is 18.1. The summed E-state index contributed by atoms with van der Waals surface area (Å²) in [5, 5.41) is 0.563. The molecule has 0 aromatic carbocycles. The Morgan fingerprint density at radius 1 is 1.22 bits per heavy atom. The molecule has 27 heavy (non-hydrogen) atoms. The summed E-state index contributed by atoms with van der Waals surface area (Å²) in [6.45, 7) is 6.70. The van der Waals surface area contributed by atoms with E-state index in [9.17, 15) is 18.0 Å². The second-order valence-corrected chi connectivity index (χ2v) is 8.28. The molecule has 1 amide bonds. The van der Waals surface area contributed by atoms with Crippen LogP contribution in [-0.4, -0.2) is 32.7 Å². The molecule has 5 nitrogen and oxygen atoms in total. The minimum atomic E-state index is -4.42. The van der Waals surface area contributed by atoms with E-state index in [2.05, 4.69) is 4.98 Å². The van der Waals surface area contributed by atoms with Crippen LogP contribution in [0.4, 0.5) is 18.0 Å². The first-order valence-electron chi connectivity index (χ1n) is 9.11. The monoisotopic (exact) mass is 381 g/mol. The highest BCUT2D eigenvalue weighted by molar-refractivity contribution is 5.84. The SMILES string of the molecule is CC(C)(C)OC(=O)N1CCn2c(c(C3CC3)c3cc(C(F)(F)F)cnc32)C1. The van der Waals surface area contributed by atoms with E-state index in [1.165, 1.54) is 6.07 Å². The molecule has 0 saturated heterocycles. The summed E-state index contributed by atoms with van der Waals surface area (Å²) >= 11 is 0. The average Bonchev–Trinajstić information content (AvgIpc) is 3.33. The van der Waals surface area contributed by atoms with Gasteiger partial charge in [-0.15, -0.1) is 0 Å². The zero-order valence-corrected chi connectivity index (χ0v) is 15.6. The molecule has 1 aliphatic heterocycles. The average molecular weight is 381 g/mol. The number of halogens is 3. The van der Waals surface area contributed by atoms with E-state index in [-0.39, 0.29) is 5.92 Å². The Hall–Kier alpha value is -2.25.